The van der Waals surface area contributed by atoms with Crippen LogP contribution in [0.2, 0.25) is 0 Å². The summed E-state index contributed by atoms with van der Waals surface area (Å²) in [7, 11) is 0. The highest BCUT2D eigenvalue weighted by molar-refractivity contribution is 6.17. The molecule has 0 aliphatic heterocycles. The lowest BCUT2D eigenvalue weighted by Gasteiger charge is -2.10. The van der Waals surface area contributed by atoms with Crippen molar-refractivity contribution in [1.29, 1.82) is 0 Å². The molecule has 0 aliphatic carbocycles. The van der Waals surface area contributed by atoms with E-state index in [4.69, 9.17) is 30.1 Å². The van der Waals surface area contributed by atoms with Crippen molar-refractivity contribution in [2.75, 3.05) is 23.8 Å². The molecule has 0 saturated heterocycles. The molecule has 19 heteroatoms. The van der Waals surface area contributed by atoms with Crippen molar-refractivity contribution in [2.45, 2.75) is 40.1 Å². The van der Waals surface area contributed by atoms with Gasteiger partial charge in [0, 0.05) is 65.5 Å². The average Bonchev–Trinajstić information content (AvgIpc) is 3.96. The Kier molecular flexibility index (Phi) is 16.2. The van der Waals surface area contributed by atoms with Gasteiger partial charge in [-0.25, -0.2) is 19.4 Å². The summed E-state index contributed by atoms with van der Waals surface area (Å²) in [6, 6.07) is 35.9. The predicted octanol–water partition coefficient (Wildman–Crippen LogP) is 8.67. The number of aromatic nitrogens is 8. The topological polar surface area (TPSA) is 235 Å². The van der Waals surface area contributed by atoms with E-state index in [-0.39, 0.29) is 24.3 Å². The van der Waals surface area contributed by atoms with Crippen molar-refractivity contribution in [3.05, 3.63) is 165 Å². The molecule has 0 spiro atoms. The second-order valence-electron chi connectivity index (χ2n) is 13.7. The monoisotopic (exact) mass is 898 g/mol. The average molecular weight is 899 g/mol. The minimum absolute atomic E-state index is 0.220. The molecular formula is C46H43ClN10O8. The van der Waals surface area contributed by atoms with Crippen molar-refractivity contribution in [3.63, 3.8) is 0 Å². The summed E-state index contributed by atoms with van der Waals surface area (Å²) in [4.78, 5) is 54.4. The molecule has 332 valence electrons. The van der Waals surface area contributed by atoms with E-state index in [9.17, 15) is 19.2 Å². The Balaban J connectivity index is 0.000000179. The number of carbonyl (C=O) groups is 2. The van der Waals surface area contributed by atoms with Crippen LogP contribution in [0, 0.1) is 13.8 Å². The molecule has 65 heavy (non-hydrogen) atoms. The summed E-state index contributed by atoms with van der Waals surface area (Å²) in [6.45, 7) is 7.88. The first-order chi connectivity index (χ1) is 31.5. The number of amides is 2. The summed E-state index contributed by atoms with van der Waals surface area (Å²) in [5.74, 6) is 2.53. The van der Waals surface area contributed by atoms with Crippen LogP contribution in [0.3, 0.4) is 0 Å². The van der Waals surface area contributed by atoms with Crippen molar-refractivity contribution in [1.82, 2.24) is 40.3 Å². The van der Waals surface area contributed by atoms with Gasteiger partial charge in [-0.3, -0.25) is 20.2 Å². The number of anilines is 2. The first-order valence-electron chi connectivity index (χ1n) is 20.1. The van der Waals surface area contributed by atoms with E-state index >= 15 is 0 Å². The Labute approximate surface area is 376 Å². The minimum atomic E-state index is -0.527. The molecule has 0 unspecified atom stereocenters. The Hall–Kier alpha value is -8.25. The normalized spacial score (nSPS) is 10.4. The third-order valence-electron chi connectivity index (χ3n) is 8.86. The highest BCUT2D eigenvalue weighted by Crippen LogP contribution is 2.23. The van der Waals surface area contributed by atoms with Crippen LogP contribution in [0.4, 0.5) is 21.0 Å². The molecule has 8 rings (SSSR count). The zero-order valence-corrected chi connectivity index (χ0v) is 36.4. The Morgan fingerprint density at radius 1 is 0.646 bits per heavy atom. The highest BCUT2D eigenvalue weighted by Gasteiger charge is 2.10. The Bertz CT molecular complexity index is 2930. The summed E-state index contributed by atoms with van der Waals surface area (Å²) in [6.07, 6.45) is -0.972. The fraction of sp³-hybridized carbons (Fsp3) is 0.174. The second kappa shape index (κ2) is 22.7. The largest absolute Gasteiger partial charge is 0.450 e. The van der Waals surface area contributed by atoms with Crippen molar-refractivity contribution in [3.8, 4) is 45.3 Å². The molecule has 0 atom stereocenters. The Morgan fingerprint density at radius 2 is 1.14 bits per heavy atom. The van der Waals surface area contributed by atoms with Crippen LogP contribution in [0.15, 0.2) is 140 Å². The fourth-order valence-corrected chi connectivity index (χ4v) is 6.02. The molecule has 8 aromatic rings. The van der Waals surface area contributed by atoms with Crippen LogP contribution in [0.25, 0.3) is 45.3 Å². The van der Waals surface area contributed by atoms with E-state index in [1.807, 2.05) is 72.8 Å². The first-order valence-corrected chi connectivity index (χ1v) is 20.6. The number of aryl methyl sites for hydroxylation is 2. The van der Waals surface area contributed by atoms with E-state index in [0.717, 1.165) is 33.4 Å². The van der Waals surface area contributed by atoms with Crippen LogP contribution in [-0.4, -0.2) is 65.7 Å². The van der Waals surface area contributed by atoms with Crippen LogP contribution >= 0.6 is 11.6 Å². The molecule has 0 saturated carbocycles. The maximum absolute atomic E-state index is 12.4. The standard InChI is InChI=1S/C23H21N5O4.C13H10N4O2.C10H12ClNO2/c1-3-31-23(30)25-19-6-4-5-16(13-19)14-28-21(29)12-11-20(26-28)17-7-9-18(10-8-17)22-24-15(2)32-27-22;1-8-14-13(17-19-8)10-4-2-9(3-5-10)11-6-7-12(18)16-15-11;1-2-14-10(13)12-9-5-3-4-8(6-9)7-11/h4-13H,3,14H2,1-2H3,(H,25,30);2-7H,1H3,(H,16,18);3-6H,2,7H2,1H3,(H,12,13). The summed E-state index contributed by atoms with van der Waals surface area (Å²) >= 11 is 5.65. The van der Waals surface area contributed by atoms with E-state index in [2.05, 4.69) is 46.2 Å². The zero-order chi connectivity index (χ0) is 46.1. The number of benzene rings is 4. The third kappa shape index (κ3) is 13.6. The smallest absolute Gasteiger partial charge is 0.411 e. The van der Waals surface area contributed by atoms with Gasteiger partial charge in [0.25, 0.3) is 11.1 Å². The van der Waals surface area contributed by atoms with Crippen molar-refractivity contribution in [2.24, 2.45) is 0 Å². The van der Waals surface area contributed by atoms with Gasteiger partial charge in [0.15, 0.2) is 0 Å². The van der Waals surface area contributed by atoms with Crippen LogP contribution in [-0.2, 0) is 21.9 Å². The van der Waals surface area contributed by atoms with Crippen LogP contribution < -0.4 is 21.8 Å². The lowest BCUT2D eigenvalue weighted by molar-refractivity contribution is 0.167. The molecule has 0 aliphatic rings. The number of nitrogens with zero attached hydrogens (tertiary/aromatic N) is 7. The number of H-pyrrole nitrogens is 1. The molecule has 3 N–H and O–H groups in total. The van der Waals surface area contributed by atoms with Crippen molar-refractivity contribution >= 4 is 35.2 Å². The van der Waals surface area contributed by atoms with E-state index in [1.165, 1.54) is 16.8 Å². The number of hydrogen-bond acceptors (Lipinski definition) is 14. The van der Waals surface area contributed by atoms with E-state index < -0.39 is 12.2 Å². The molecule has 0 bridgehead atoms. The van der Waals surface area contributed by atoms with E-state index in [0.29, 0.717) is 58.7 Å². The molecule has 18 nitrogen and oxygen atoms in total. The number of nitrogens with one attached hydrogen (secondary N) is 3. The van der Waals surface area contributed by atoms with Gasteiger partial charge in [0.1, 0.15) is 0 Å². The van der Waals surface area contributed by atoms with Gasteiger partial charge in [0.05, 0.1) is 31.1 Å². The quantitative estimate of drug-likeness (QED) is 0.103. The van der Waals surface area contributed by atoms with Crippen molar-refractivity contribution < 1.29 is 28.1 Å². The molecule has 4 aromatic carbocycles. The molecule has 4 aromatic heterocycles. The fourth-order valence-electron chi connectivity index (χ4n) is 5.86. The number of halogens is 1. The number of aromatic amines is 1. The molecular weight excluding hydrogens is 856 g/mol. The maximum Gasteiger partial charge on any atom is 0.411 e. The maximum atomic E-state index is 12.4. The number of rotatable bonds is 11. The number of alkyl halides is 1. The SMILES string of the molecule is CCOC(=O)Nc1cccc(CCl)c1.CCOC(=O)Nc1cccc(Cn2nc(-c3ccc(-c4noc(C)n4)cc3)ccc2=O)c1.Cc1nc(-c2ccc(-c3ccc(=O)[nH]n3)cc2)no1. The van der Waals surface area contributed by atoms with Gasteiger partial charge >= 0.3 is 12.2 Å². The van der Waals surface area contributed by atoms with E-state index in [1.54, 1.807) is 64.1 Å². The summed E-state index contributed by atoms with van der Waals surface area (Å²) in [5.41, 5.74) is 7.40. The Morgan fingerprint density at radius 3 is 1.62 bits per heavy atom. The van der Waals surface area contributed by atoms with Gasteiger partial charge in [-0.2, -0.15) is 20.2 Å². The molecule has 4 heterocycles. The lowest BCUT2D eigenvalue weighted by Crippen LogP contribution is -2.23. The predicted molar refractivity (Wildman–Crippen MR) is 243 cm³/mol. The first kappa shape index (κ1) is 46.3. The summed E-state index contributed by atoms with van der Waals surface area (Å²) < 4.78 is 21.0. The lowest BCUT2D eigenvalue weighted by atomic mass is 10.1. The second-order valence-corrected chi connectivity index (χ2v) is 13.9. The van der Waals surface area contributed by atoms with Gasteiger partial charge < -0.3 is 18.5 Å². The molecule has 0 fully saturated rings. The molecule has 2 amide bonds. The number of carbonyl (C=O) groups excluding carboxylic acids is 2. The highest BCUT2D eigenvalue weighted by atomic mass is 35.5. The van der Waals surface area contributed by atoms with Crippen LogP contribution in [0.1, 0.15) is 36.8 Å². The molecule has 0 radical (unpaired) electrons. The number of ether oxygens (including phenoxy) is 2. The van der Waals surface area contributed by atoms with Crippen LogP contribution in [0.5, 0.6) is 0 Å². The minimum Gasteiger partial charge on any atom is -0.450 e. The third-order valence-corrected chi connectivity index (χ3v) is 9.17. The van der Waals surface area contributed by atoms with Gasteiger partial charge in [0.2, 0.25) is 23.4 Å². The zero-order valence-electron chi connectivity index (χ0n) is 35.6. The number of hydrogen-bond donors (Lipinski definition) is 3. The summed E-state index contributed by atoms with van der Waals surface area (Å²) in [5, 5.41) is 23.9. The van der Waals surface area contributed by atoms with Gasteiger partial charge in [-0.1, -0.05) is 83.1 Å². The van der Waals surface area contributed by atoms with Gasteiger partial charge in [-0.05, 0) is 61.4 Å². The van der Waals surface area contributed by atoms with Gasteiger partial charge in [-0.15, -0.1) is 11.6 Å².